The number of nitrogens with one attached hydrogen (secondary N) is 1. The standard InChI is InChI=1S/C12H16BrNO2S/c1-2-8(5-6-15)14-12(16)10-7-9(17)3-4-11(10)13/h3-4,7-8,15,17H,2,5-6H2,1H3,(H,14,16). The van der Waals surface area contributed by atoms with E-state index in [-0.39, 0.29) is 18.6 Å². The summed E-state index contributed by atoms with van der Waals surface area (Å²) in [7, 11) is 0. The Balaban J connectivity index is 2.78. The molecule has 0 fully saturated rings. The Kier molecular flexibility index (Phi) is 6.02. The van der Waals surface area contributed by atoms with Crippen LogP contribution < -0.4 is 5.32 Å². The van der Waals surface area contributed by atoms with Crippen LogP contribution in [0.5, 0.6) is 0 Å². The molecular formula is C12H16BrNO2S. The van der Waals surface area contributed by atoms with Gasteiger partial charge in [0.05, 0.1) is 5.56 Å². The maximum atomic E-state index is 12.0. The van der Waals surface area contributed by atoms with Gasteiger partial charge < -0.3 is 10.4 Å². The molecule has 1 atom stereocenters. The van der Waals surface area contributed by atoms with Gasteiger partial charge in [0.15, 0.2) is 0 Å². The fourth-order valence-electron chi connectivity index (χ4n) is 1.48. The summed E-state index contributed by atoms with van der Waals surface area (Å²) in [5.41, 5.74) is 0.564. The molecule has 2 N–H and O–H groups in total. The molecule has 3 nitrogen and oxygen atoms in total. The second kappa shape index (κ2) is 7.03. The number of hydrogen-bond acceptors (Lipinski definition) is 3. The van der Waals surface area contributed by atoms with E-state index in [2.05, 4.69) is 33.9 Å². The Morgan fingerprint density at radius 2 is 2.29 bits per heavy atom. The summed E-state index contributed by atoms with van der Waals surface area (Å²) >= 11 is 7.55. The maximum absolute atomic E-state index is 12.0. The highest BCUT2D eigenvalue weighted by Gasteiger charge is 2.14. The Morgan fingerprint density at radius 1 is 1.59 bits per heavy atom. The summed E-state index contributed by atoms with van der Waals surface area (Å²) in [4.78, 5) is 12.7. The fourth-order valence-corrected chi connectivity index (χ4v) is 2.11. The summed E-state index contributed by atoms with van der Waals surface area (Å²) in [5, 5.41) is 11.8. The lowest BCUT2D eigenvalue weighted by molar-refractivity contribution is 0.0928. The largest absolute Gasteiger partial charge is 0.396 e. The number of halogens is 1. The molecule has 94 valence electrons. The predicted molar refractivity (Wildman–Crippen MR) is 74.6 cm³/mol. The Labute approximate surface area is 115 Å². The normalized spacial score (nSPS) is 12.2. The van der Waals surface area contributed by atoms with Crippen molar-refractivity contribution in [1.29, 1.82) is 0 Å². The quantitative estimate of drug-likeness (QED) is 0.731. The third kappa shape index (κ3) is 4.33. The first kappa shape index (κ1) is 14.5. The highest BCUT2D eigenvalue weighted by atomic mass is 79.9. The average molecular weight is 318 g/mol. The van der Waals surface area contributed by atoms with Crippen molar-refractivity contribution in [3.8, 4) is 0 Å². The van der Waals surface area contributed by atoms with Gasteiger partial charge in [-0.15, -0.1) is 12.6 Å². The van der Waals surface area contributed by atoms with Crippen LogP contribution in [0, 0.1) is 0 Å². The molecular weight excluding hydrogens is 302 g/mol. The highest BCUT2D eigenvalue weighted by Crippen LogP contribution is 2.20. The van der Waals surface area contributed by atoms with Crippen molar-refractivity contribution in [1.82, 2.24) is 5.32 Å². The van der Waals surface area contributed by atoms with Gasteiger partial charge in [0.1, 0.15) is 0 Å². The zero-order valence-electron chi connectivity index (χ0n) is 9.61. The summed E-state index contributed by atoms with van der Waals surface area (Å²) in [6.07, 6.45) is 1.37. The average Bonchev–Trinajstić information content (AvgIpc) is 2.31. The van der Waals surface area contributed by atoms with Crippen LogP contribution in [0.2, 0.25) is 0 Å². The third-order valence-electron chi connectivity index (χ3n) is 2.50. The molecule has 0 spiro atoms. The Morgan fingerprint density at radius 3 is 2.88 bits per heavy atom. The summed E-state index contributed by atoms with van der Waals surface area (Å²) < 4.78 is 0.742. The van der Waals surface area contributed by atoms with Crippen LogP contribution in [-0.4, -0.2) is 23.7 Å². The van der Waals surface area contributed by atoms with Crippen LogP contribution in [0.1, 0.15) is 30.1 Å². The van der Waals surface area contributed by atoms with Gasteiger partial charge in [0, 0.05) is 22.0 Å². The van der Waals surface area contributed by atoms with Gasteiger partial charge >= 0.3 is 0 Å². The molecule has 0 saturated carbocycles. The van der Waals surface area contributed by atoms with Crippen LogP contribution in [-0.2, 0) is 0 Å². The van der Waals surface area contributed by atoms with Crippen molar-refractivity contribution >= 4 is 34.5 Å². The molecule has 0 heterocycles. The van der Waals surface area contributed by atoms with Crippen molar-refractivity contribution in [3.05, 3.63) is 28.2 Å². The lowest BCUT2D eigenvalue weighted by atomic mass is 10.1. The Bertz CT molecular complexity index is 398. The number of carbonyl (C=O) groups excluding carboxylic acids is 1. The number of hydrogen-bond donors (Lipinski definition) is 3. The molecule has 1 aromatic rings. The summed E-state index contributed by atoms with van der Waals surface area (Å²) in [6, 6.07) is 5.33. The maximum Gasteiger partial charge on any atom is 0.252 e. The van der Waals surface area contributed by atoms with E-state index in [0.29, 0.717) is 12.0 Å². The third-order valence-corrected chi connectivity index (χ3v) is 3.47. The van der Waals surface area contributed by atoms with E-state index in [1.807, 2.05) is 13.0 Å². The molecule has 0 aliphatic heterocycles. The molecule has 5 heteroatoms. The molecule has 0 aromatic heterocycles. The lowest BCUT2D eigenvalue weighted by Crippen LogP contribution is -2.35. The molecule has 1 aromatic carbocycles. The zero-order valence-corrected chi connectivity index (χ0v) is 12.1. The van der Waals surface area contributed by atoms with E-state index in [9.17, 15) is 4.79 Å². The van der Waals surface area contributed by atoms with E-state index in [1.54, 1.807) is 12.1 Å². The van der Waals surface area contributed by atoms with Gasteiger partial charge in [-0.2, -0.15) is 0 Å². The molecule has 0 aliphatic rings. The van der Waals surface area contributed by atoms with Gasteiger partial charge in [0.2, 0.25) is 0 Å². The minimum Gasteiger partial charge on any atom is -0.396 e. The molecule has 17 heavy (non-hydrogen) atoms. The molecule has 0 saturated heterocycles. The van der Waals surface area contributed by atoms with Gasteiger partial charge in [-0.3, -0.25) is 4.79 Å². The molecule has 0 aliphatic carbocycles. The van der Waals surface area contributed by atoms with Crippen LogP contribution in [0.15, 0.2) is 27.6 Å². The number of amides is 1. The van der Waals surface area contributed by atoms with Crippen molar-refractivity contribution in [2.24, 2.45) is 0 Å². The van der Waals surface area contributed by atoms with E-state index in [0.717, 1.165) is 15.8 Å². The fraction of sp³-hybridized carbons (Fsp3) is 0.417. The van der Waals surface area contributed by atoms with Gasteiger partial charge in [-0.25, -0.2) is 0 Å². The number of rotatable bonds is 5. The predicted octanol–water partition coefficient (Wildman–Crippen LogP) is 2.63. The highest BCUT2D eigenvalue weighted by molar-refractivity contribution is 9.10. The number of thiol groups is 1. The van der Waals surface area contributed by atoms with Crippen LogP contribution in [0.3, 0.4) is 0 Å². The first-order valence-corrected chi connectivity index (χ1v) is 6.72. The second-order valence-corrected chi connectivity index (χ2v) is 5.13. The van der Waals surface area contributed by atoms with E-state index in [1.165, 1.54) is 0 Å². The zero-order chi connectivity index (χ0) is 12.8. The van der Waals surface area contributed by atoms with Gasteiger partial charge in [-0.1, -0.05) is 6.92 Å². The molecule has 1 amide bonds. The second-order valence-electron chi connectivity index (χ2n) is 3.76. The van der Waals surface area contributed by atoms with E-state index in [4.69, 9.17) is 5.11 Å². The first-order chi connectivity index (χ1) is 8.08. The first-order valence-electron chi connectivity index (χ1n) is 5.48. The smallest absolute Gasteiger partial charge is 0.252 e. The monoisotopic (exact) mass is 317 g/mol. The van der Waals surface area contributed by atoms with Gasteiger partial charge in [0.25, 0.3) is 5.91 Å². The molecule has 1 rings (SSSR count). The number of carbonyl (C=O) groups is 1. The van der Waals surface area contributed by atoms with Crippen molar-refractivity contribution < 1.29 is 9.90 Å². The topological polar surface area (TPSA) is 49.3 Å². The number of aliphatic hydroxyl groups is 1. The summed E-state index contributed by atoms with van der Waals surface area (Å²) in [6.45, 7) is 2.05. The summed E-state index contributed by atoms with van der Waals surface area (Å²) in [5.74, 6) is -0.145. The number of aliphatic hydroxyl groups excluding tert-OH is 1. The number of benzene rings is 1. The SMILES string of the molecule is CCC(CCO)NC(=O)c1cc(S)ccc1Br. The molecule has 1 unspecified atom stereocenters. The molecule has 0 radical (unpaired) electrons. The van der Waals surface area contributed by atoms with Crippen molar-refractivity contribution in [2.45, 2.75) is 30.7 Å². The van der Waals surface area contributed by atoms with Crippen LogP contribution in [0.4, 0.5) is 0 Å². The minimum absolute atomic E-state index is 0.00275. The van der Waals surface area contributed by atoms with Crippen LogP contribution >= 0.6 is 28.6 Å². The minimum atomic E-state index is -0.145. The van der Waals surface area contributed by atoms with Crippen LogP contribution in [0.25, 0.3) is 0 Å². The lowest BCUT2D eigenvalue weighted by Gasteiger charge is -2.16. The molecule has 0 bridgehead atoms. The van der Waals surface area contributed by atoms with E-state index >= 15 is 0 Å². The van der Waals surface area contributed by atoms with Crippen molar-refractivity contribution in [3.63, 3.8) is 0 Å². The van der Waals surface area contributed by atoms with Crippen molar-refractivity contribution in [2.75, 3.05) is 6.61 Å². The van der Waals surface area contributed by atoms with E-state index < -0.39 is 0 Å². The van der Waals surface area contributed by atoms with Gasteiger partial charge in [-0.05, 0) is 47.0 Å². The Hall–Kier alpha value is -0.520.